The van der Waals surface area contributed by atoms with Crippen molar-refractivity contribution < 1.29 is 17.9 Å². The van der Waals surface area contributed by atoms with Gasteiger partial charge in [-0.15, -0.1) is 0 Å². The van der Waals surface area contributed by atoms with Crippen molar-refractivity contribution in [1.29, 1.82) is 0 Å². The van der Waals surface area contributed by atoms with Gasteiger partial charge in [0.25, 0.3) is 10.0 Å². The predicted octanol–water partition coefficient (Wildman–Crippen LogP) is 3.01. The van der Waals surface area contributed by atoms with Crippen molar-refractivity contribution in [2.24, 2.45) is 5.92 Å². The summed E-state index contributed by atoms with van der Waals surface area (Å²) in [5.74, 6) is 0.817. The number of hydrogen-bond donors (Lipinski definition) is 1. The zero-order valence-corrected chi connectivity index (χ0v) is 16.2. The number of carbonyl (C=O) groups excluding carboxylic acids is 1. The first-order valence-electron chi connectivity index (χ1n) is 9.30. The summed E-state index contributed by atoms with van der Waals surface area (Å²) < 4.78 is 33.8. The Morgan fingerprint density at radius 3 is 2.57 bits per heavy atom. The van der Waals surface area contributed by atoms with Gasteiger partial charge in [-0.1, -0.05) is 18.2 Å². The lowest BCUT2D eigenvalue weighted by Gasteiger charge is -2.35. The van der Waals surface area contributed by atoms with Gasteiger partial charge in [0, 0.05) is 23.1 Å². The van der Waals surface area contributed by atoms with Gasteiger partial charge in [0.2, 0.25) is 5.91 Å². The summed E-state index contributed by atoms with van der Waals surface area (Å²) in [7, 11) is -2.24. The summed E-state index contributed by atoms with van der Waals surface area (Å²) >= 11 is 0. The first-order valence-corrected chi connectivity index (χ1v) is 10.7. The van der Waals surface area contributed by atoms with E-state index in [1.54, 1.807) is 31.4 Å². The number of para-hydroxylation sites is 1. The summed E-state index contributed by atoms with van der Waals surface area (Å²) in [6.45, 7) is 0. The molecular formula is C21H20N2O4S. The van der Waals surface area contributed by atoms with Crippen molar-refractivity contribution in [2.75, 3.05) is 7.11 Å². The SMILES string of the molecule is COc1ccc(S(=O)(=O)n2c3c(c4ccccc42)[C@@H]2C[C@@H](CC(=O)N2)C3)cc1. The van der Waals surface area contributed by atoms with Gasteiger partial charge in [0.15, 0.2) is 0 Å². The molecule has 6 nitrogen and oxygen atoms in total. The Balaban J connectivity index is 1.76. The molecule has 2 atom stereocenters. The fourth-order valence-electron chi connectivity index (χ4n) is 4.61. The molecule has 2 bridgehead atoms. The van der Waals surface area contributed by atoms with Crippen LogP contribution in [0.5, 0.6) is 5.75 Å². The highest BCUT2D eigenvalue weighted by Crippen LogP contribution is 2.44. The van der Waals surface area contributed by atoms with Crippen molar-refractivity contribution in [3.63, 3.8) is 0 Å². The summed E-state index contributed by atoms with van der Waals surface area (Å²) in [5, 5.41) is 3.94. The predicted molar refractivity (Wildman–Crippen MR) is 105 cm³/mol. The Hall–Kier alpha value is -2.80. The maximum absolute atomic E-state index is 13.6. The topological polar surface area (TPSA) is 77.4 Å². The van der Waals surface area contributed by atoms with E-state index in [0.29, 0.717) is 24.1 Å². The standard InChI is InChI=1S/C21H20N2O4S/c1-27-14-6-8-15(9-7-14)28(25,26)23-18-5-3-2-4-16(18)21-17-10-13(11-19(21)23)12-20(24)22-17/h2-9,13,17H,10-12H2,1H3,(H,22,24)/t13-,17+/m1/s1. The molecule has 1 N–H and O–H groups in total. The van der Waals surface area contributed by atoms with Crippen LogP contribution in [0.2, 0.25) is 0 Å². The summed E-state index contributed by atoms with van der Waals surface area (Å²) in [6.07, 6.45) is 1.89. The highest BCUT2D eigenvalue weighted by Gasteiger charge is 2.39. The molecule has 144 valence electrons. The number of nitrogens with one attached hydrogen (secondary N) is 1. The minimum Gasteiger partial charge on any atom is -0.497 e. The molecule has 3 aromatic rings. The van der Waals surface area contributed by atoms with Crippen LogP contribution in [0.3, 0.4) is 0 Å². The number of piperidine rings is 1. The molecule has 2 aliphatic rings. The molecule has 1 aromatic heterocycles. The number of amides is 1. The molecule has 2 heterocycles. The number of fused-ring (bicyclic) bond motifs is 6. The minimum absolute atomic E-state index is 0.0433. The van der Waals surface area contributed by atoms with Crippen LogP contribution in [0.15, 0.2) is 53.4 Å². The molecule has 2 aromatic carbocycles. The second kappa shape index (κ2) is 6.10. The van der Waals surface area contributed by atoms with E-state index in [1.807, 2.05) is 24.3 Å². The third-order valence-electron chi connectivity index (χ3n) is 5.78. The quantitative estimate of drug-likeness (QED) is 0.738. The number of carbonyl (C=O) groups is 1. The van der Waals surface area contributed by atoms with Gasteiger partial charge in [-0.3, -0.25) is 4.79 Å². The Kier molecular flexibility index (Phi) is 3.77. The van der Waals surface area contributed by atoms with E-state index in [2.05, 4.69) is 5.32 Å². The van der Waals surface area contributed by atoms with Crippen molar-refractivity contribution in [2.45, 2.75) is 30.2 Å². The highest BCUT2D eigenvalue weighted by atomic mass is 32.2. The smallest absolute Gasteiger partial charge is 0.268 e. The second-order valence-electron chi connectivity index (χ2n) is 7.45. The third kappa shape index (κ3) is 2.46. The Morgan fingerprint density at radius 2 is 1.82 bits per heavy atom. The second-order valence-corrected chi connectivity index (χ2v) is 9.24. The lowest BCUT2D eigenvalue weighted by molar-refractivity contribution is -0.125. The Labute approximate surface area is 163 Å². The number of hydrogen-bond acceptors (Lipinski definition) is 4. The average molecular weight is 396 g/mol. The van der Waals surface area contributed by atoms with Crippen LogP contribution in [0.25, 0.3) is 10.9 Å². The molecule has 28 heavy (non-hydrogen) atoms. The minimum atomic E-state index is -3.78. The lowest BCUT2D eigenvalue weighted by Crippen LogP contribution is -2.41. The van der Waals surface area contributed by atoms with E-state index >= 15 is 0 Å². The van der Waals surface area contributed by atoms with E-state index in [9.17, 15) is 13.2 Å². The molecular weight excluding hydrogens is 376 g/mol. The van der Waals surface area contributed by atoms with Crippen molar-refractivity contribution in [3.8, 4) is 5.75 Å². The monoisotopic (exact) mass is 396 g/mol. The van der Waals surface area contributed by atoms with Gasteiger partial charge in [-0.25, -0.2) is 12.4 Å². The van der Waals surface area contributed by atoms with Crippen molar-refractivity contribution in [1.82, 2.24) is 9.29 Å². The Morgan fingerprint density at radius 1 is 1.07 bits per heavy atom. The first-order chi connectivity index (χ1) is 13.5. The number of rotatable bonds is 3. The number of ether oxygens (including phenoxy) is 1. The number of aromatic nitrogens is 1. The van der Waals surface area contributed by atoms with E-state index in [4.69, 9.17) is 4.74 Å². The van der Waals surface area contributed by atoms with Crippen LogP contribution in [-0.4, -0.2) is 25.4 Å². The molecule has 1 fully saturated rings. The van der Waals surface area contributed by atoms with Gasteiger partial charge < -0.3 is 10.1 Å². The maximum Gasteiger partial charge on any atom is 0.268 e. The van der Waals surface area contributed by atoms with E-state index in [1.165, 1.54) is 3.97 Å². The zero-order valence-electron chi connectivity index (χ0n) is 15.4. The molecule has 1 aliphatic carbocycles. The van der Waals surface area contributed by atoms with Gasteiger partial charge in [0.05, 0.1) is 23.6 Å². The van der Waals surface area contributed by atoms with Gasteiger partial charge in [-0.2, -0.15) is 0 Å². The van der Waals surface area contributed by atoms with E-state index in [-0.39, 0.29) is 22.8 Å². The third-order valence-corrected chi connectivity index (χ3v) is 7.54. The number of benzene rings is 2. The van der Waals surface area contributed by atoms with Crippen LogP contribution in [0.1, 0.15) is 30.1 Å². The van der Waals surface area contributed by atoms with Crippen LogP contribution < -0.4 is 10.1 Å². The molecule has 0 spiro atoms. The maximum atomic E-state index is 13.6. The number of nitrogens with zero attached hydrogens (tertiary/aromatic N) is 1. The van der Waals surface area contributed by atoms with E-state index in [0.717, 1.165) is 23.1 Å². The largest absolute Gasteiger partial charge is 0.497 e. The molecule has 0 radical (unpaired) electrons. The molecule has 5 rings (SSSR count). The Bertz CT molecular complexity index is 1200. The van der Waals surface area contributed by atoms with Crippen molar-refractivity contribution in [3.05, 3.63) is 59.8 Å². The van der Waals surface area contributed by atoms with Crippen molar-refractivity contribution >= 4 is 26.8 Å². The van der Waals surface area contributed by atoms with Crippen LogP contribution in [0, 0.1) is 5.92 Å². The van der Waals surface area contributed by atoms with Crippen LogP contribution in [-0.2, 0) is 21.2 Å². The number of methoxy groups -OCH3 is 1. The fourth-order valence-corrected chi connectivity index (χ4v) is 6.18. The van der Waals surface area contributed by atoms with Crippen LogP contribution >= 0.6 is 0 Å². The van der Waals surface area contributed by atoms with Gasteiger partial charge >= 0.3 is 0 Å². The summed E-state index contributed by atoms with van der Waals surface area (Å²) in [5.41, 5.74) is 2.39. The molecule has 0 saturated carbocycles. The normalized spacial score (nSPS) is 21.2. The summed E-state index contributed by atoms with van der Waals surface area (Å²) in [6, 6.07) is 13.8. The van der Waals surface area contributed by atoms with Gasteiger partial charge in [0.1, 0.15) is 5.75 Å². The molecule has 1 amide bonds. The molecule has 7 heteroatoms. The first kappa shape index (κ1) is 17.3. The van der Waals surface area contributed by atoms with Gasteiger partial charge in [-0.05, 0) is 49.1 Å². The molecule has 1 saturated heterocycles. The molecule has 1 aliphatic heterocycles. The average Bonchev–Trinajstić information content (AvgIpc) is 3.02. The summed E-state index contributed by atoms with van der Waals surface area (Å²) in [4.78, 5) is 12.3. The highest BCUT2D eigenvalue weighted by molar-refractivity contribution is 7.90. The van der Waals surface area contributed by atoms with Crippen LogP contribution in [0.4, 0.5) is 0 Å². The molecule has 0 unspecified atom stereocenters. The lowest BCUT2D eigenvalue weighted by atomic mass is 9.79. The zero-order chi connectivity index (χ0) is 19.5. The van der Waals surface area contributed by atoms with E-state index < -0.39 is 10.0 Å². The fraction of sp³-hybridized carbons (Fsp3) is 0.286.